The number of hydrogen-bond donors (Lipinski definition) is 2. The molecule has 10 nitrogen and oxygen atoms in total. The molecule has 0 fully saturated rings. The Kier molecular flexibility index (Phi) is 9.30. The van der Waals surface area contributed by atoms with Gasteiger partial charge in [0.25, 0.3) is 11.8 Å². The second-order valence-electron chi connectivity index (χ2n) is 9.01. The number of benzene rings is 1. The van der Waals surface area contributed by atoms with Gasteiger partial charge in [-0.15, -0.1) is 21.5 Å². The van der Waals surface area contributed by atoms with Crippen LogP contribution in [-0.2, 0) is 15.6 Å². The molecule has 220 valence electrons. The van der Waals surface area contributed by atoms with Crippen LogP contribution in [0, 0.1) is 5.82 Å². The topological polar surface area (TPSA) is 139 Å². The first-order valence-electron chi connectivity index (χ1n) is 11.9. The van der Waals surface area contributed by atoms with E-state index in [9.17, 15) is 31.5 Å². The molecule has 1 atom stereocenters. The van der Waals surface area contributed by atoms with Gasteiger partial charge < -0.3 is 14.4 Å². The van der Waals surface area contributed by atoms with Crippen molar-refractivity contribution in [3.05, 3.63) is 34.6 Å². The number of amides is 1. The normalized spacial score (nSPS) is 13.5. The molecule has 1 amide bonds. The van der Waals surface area contributed by atoms with Crippen LogP contribution in [0.15, 0.2) is 21.4 Å². The van der Waals surface area contributed by atoms with Gasteiger partial charge in [0.15, 0.2) is 10.8 Å². The van der Waals surface area contributed by atoms with Crippen LogP contribution in [0.5, 0.6) is 0 Å². The molecule has 2 aromatic heterocycles. The second kappa shape index (κ2) is 11.7. The highest BCUT2D eigenvalue weighted by Crippen LogP contribution is 2.41. The molecule has 0 aliphatic carbocycles. The number of sulfonamides is 1. The van der Waals surface area contributed by atoms with Crippen LogP contribution < -0.4 is 4.72 Å². The fourth-order valence-corrected chi connectivity index (χ4v) is 6.27. The van der Waals surface area contributed by atoms with Crippen molar-refractivity contribution in [1.29, 1.82) is 0 Å². The Morgan fingerprint density at radius 1 is 1.20 bits per heavy atom. The summed E-state index contributed by atoms with van der Waals surface area (Å²) in [7, 11) is -4.98. The van der Waals surface area contributed by atoms with Gasteiger partial charge in [-0.25, -0.2) is 17.8 Å². The van der Waals surface area contributed by atoms with E-state index >= 15 is 4.39 Å². The molecule has 2 N–H and O–H groups in total. The Hall–Kier alpha value is -2.66. The van der Waals surface area contributed by atoms with E-state index in [2.05, 4.69) is 15.2 Å². The molecule has 0 spiro atoms. The van der Waals surface area contributed by atoms with Crippen molar-refractivity contribution < 1.29 is 40.3 Å². The Bertz CT molecular complexity index is 1500. The molecule has 3 aromatic rings. The minimum absolute atomic E-state index is 0.0254. The summed E-state index contributed by atoms with van der Waals surface area (Å²) in [6.45, 7) is 8.00. The average Bonchev–Trinajstić information content (AvgIpc) is 3.52. The van der Waals surface area contributed by atoms with E-state index in [0.717, 1.165) is 30.4 Å². The maximum Gasteiger partial charge on any atom is 0.404 e. The van der Waals surface area contributed by atoms with E-state index in [-0.39, 0.29) is 32.9 Å². The van der Waals surface area contributed by atoms with Gasteiger partial charge in [0.05, 0.1) is 9.90 Å². The molecule has 3 rings (SSSR count). The summed E-state index contributed by atoms with van der Waals surface area (Å²) in [6.07, 6.45) is -5.53. The Morgan fingerprint density at radius 2 is 1.82 bits per heavy atom. The molecular formula is C23H26ClF4N5O5S2. The number of alkyl halides is 3. The van der Waals surface area contributed by atoms with Crippen LogP contribution in [0.4, 0.5) is 17.6 Å². The summed E-state index contributed by atoms with van der Waals surface area (Å²) in [6, 6.07) is -0.617. The lowest BCUT2D eigenvalue weighted by Gasteiger charge is -2.20. The average molecular weight is 628 g/mol. The minimum Gasteiger partial charge on any atom is -0.415 e. The number of nitrogens with one attached hydrogen (secondary N) is 1. The molecule has 0 radical (unpaired) electrons. The van der Waals surface area contributed by atoms with E-state index in [1.54, 1.807) is 13.8 Å². The van der Waals surface area contributed by atoms with Gasteiger partial charge in [-0.05, 0) is 40.2 Å². The zero-order valence-electron chi connectivity index (χ0n) is 21.9. The number of hydrogen-bond acceptors (Lipinski definition) is 9. The van der Waals surface area contributed by atoms with Crippen molar-refractivity contribution in [3.63, 3.8) is 0 Å². The predicted octanol–water partition coefficient (Wildman–Crippen LogP) is 4.98. The lowest BCUT2D eigenvalue weighted by molar-refractivity contribution is -0.151. The highest BCUT2D eigenvalue weighted by Gasteiger charge is 2.42. The zero-order chi connectivity index (χ0) is 30.2. The maximum atomic E-state index is 15.4. The van der Waals surface area contributed by atoms with Gasteiger partial charge in [-0.1, -0.05) is 24.6 Å². The lowest BCUT2D eigenvalue weighted by atomic mass is 10.1. The Balaban J connectivity index is 2.16. The number of nitrogens with zero attached hydrogens (tertiary/aromatic N) is 4. The van der Waals surface area contributed by atoms with Crippen molar-refractivity contribution in [2.75, 3.05) is 13.1 Å². The zero-order valence-corrected chi connectivity index (χ0v) is 24.3. The molecule has 2 heterocycles. The smallest absolute Gasteiger partial charge is 0.404 e. The molecule has 0 aliphatic heterocycles. The van der Waals surface area contributed by atoms with E-state index < -0.39 is 55.9 Å². The van der Waals surface area contributed by atoms with E-state index in [0.29, 0.717) is 13.1 Å². The van der Waals surface area contributed by atoms with Crippen LogP contribution in [-0.4, -0.2) is 64.8 Å². The van der Waals surface area contributed by atoms with Gasteiger partial charge in [-0.2, -0.15) is 17.9 Å². The predicted molar refractivity (Wildman–Crippen MR) is 139 cm³/mol. The number of carbonyl (C=O) groups is 1. The third-order valence-electron chi connectivity index (χ3n) is 5.69. The highest BCUT2D eigenvalue weighted by molar-refractivity contribution is 7.89. The number of carbonyl (C=O) groups excluding carboxylic acids is 1. The van der Waals surface area contributed by atoms with Gasteiger partial charge in [0.1, 0.15) is 22.2 Å². The number of halogens is 5. The molecule has 1 aromatic carbocycles. The first-order chi connectivity index (χ1) is 18.5. The number of aliphatic hydroxyl groups is 1. The van der Waals surface area contributed by atoms with Crippen molar-refractivity contribution >= 4 is 38.9 Å². The summed E-state index contributed by atoms with van der Waals surface area (Å²) >= 11 is 7.03. The van der Waals surface area contributed by atoms with Crippen LogP contribution in [0.25, 0.3) is 21.3 Å². The third kappa shape index (κ3) is 6.46. The van der Waals surface area contributed by atoms with Gasteiger partial charge in [-0.3, -0.25) is 4.79 Å². The molecule has 40 heavy (non-hydrogen) atoms. The molecule has 1 unspecified atom stereocenters. The number of thiazole rings is 1. The molecule has 0 bridgehead atoms. The number of rotatable bonds is 10. The van der Waals surface area contributed by atoms with Crippen molar-refractivity contribution in [1.82, 2.24) is 24.8 Å². The SMILES string of the molecule is CCC(NS(=O)(=O)c1ccc(-c2sc(-c3nnc(C(C)(C)O)o3)nc2C(=O)N(CC)CC)c(Cl)c1F)C(F)(F)F. The summed E-state index contributed by atoms with van der Waals surface area (Å²) < 4.78 is 87.1. The highest BCUT2D eigenvalue weighted by atomic mass is 35.5. The molecule has 0 saturated heterocycles. The molecular weight excluding hydrogens is 602 g/mol. The summed E-state index contributed by atoms with van der Waals surface area (Å²) in [5.74, 6) is -2.36. The maximum absolute atomic E-state index is 15.4. The van der Waals surface area contributed by atoms with E-state index in [1.807, 2.05) is 0 Å². The minimum atomic E-state index is -4.98. The monoisotopic (exact) mass is 627 g/mol. The van der Waals surface area contributed by atoms with Crippen LogP contribution >= 0.6 is 22.9 Å². The standard InChI is InChI=1S/C23H26ClF4N5O5S2/c1-6-13(23(26,27)28)32-40(36,37)12-10-9-11(14(24)15(12)25)17-16(20(34)33(7-2)8-3)29-19(39-17)18-30-31-21(38-18)22(4,5)35/h9-10,13,32,35H,6-8H2,1-5H3. The first kappa shape index (κ1) is 31.9. The summed E-state index contributed by atoms with van der Waals surface area (Å²) in [5.41, 5.74) is -1.79. The molecule has 17 heteroatoms. The Labute approximate surface area is 236 Å². The van der Waals surface area contributed by atoms with Crippen LogP contribution in [0.3, 0.4) is 0 Å². The van der Waals surface area contributed by atoms with Crippen LogP contribution in [0.2, 0.25) is 5.02 Å². The fourth-order valence-electron chi connectivity index (χ4n) is 3.50. The van der Waals surface area contributed by atoms with Crippen molar-refractivity contribution in [2.24, 2.45) is 0 Å². The largest absolute Gasteiger partial charge is 0.415 e. The van der Waals surface area contributed by atoms with Crippen molar-refractivity contribution in [3.8, 4) is 21.3 Å². The quantitative estimate of drug-likeness (QED) is 0.300. The fraction of sp³-hybridized carbons (Fsp3) is 0.478. The molecule has 0 saturated carbocycles. The number of aromatic nitrogens is 3. The van der Waals surface area contributed by atoms with Gasteiger partial charge in [0, 0.05) is 18.7 Å². The Morgan fingerprint density at radius 3 is 2.33 bits per heavy atom. The third-order valence-corrected chi connectivity index (χ3v) is 8.63. The molecule has 0 aliphatic rings. The first-order valence-corrected chi connectivity index (χ1v) is 14.6. The van der Waals surface area contributed by atoms with E-state index in [1.165, 1.54) is 23.5 Å². The van der Waals surface area contributed by atoms with Crippen LogP contribution in [0.1, 0.15) is 57.4 Å². The van der Waals surface area contributed by atoms with Gasteiger partial charge in [0.2, 0.25) is 15.9 Å². The van der Waals surface area contributed by atoms with Gasteiger partial charge >= 0.3 is 6.18 Å². The lowest BCUT2D eigenvalue weighted by Crippen LogP contribution is -2.45. The van der Waals surface area contributed by atoms with Crippen molar-refractivity contribution in [2.45, 2.75) is 63.8 Å². The summed E-state index contributed by atoms with van der Waals surface area (Å²) in [5, 5.41) is 17.0. The second-order valence-corrected chi connectivity index (χ2v) is 12.1. The summed E-state index contributed by atoms with van der Waals surface area (Å²) in [4.78, 5) is 17.9. The van der Waals surface area contributed by atoms with E-state index in [4.69, 9.17) is 16.0 Å².